The number of aromatic amines is 1. The second-order valence-electron chi connectivity index (χ2n) is 11.0. The van der Waals surface area contributed by atoms with Gasteiger partial charge in [0.1, 0.15) is 5.75 Å². The number of hydrogen-bond donors (Lipinski definition) is 2. The Morgan fingerprint density at radius 1 is 1.18 bits per heavy atom. The van der Waals surface area contributed by atoms with Crippen LogP contribution in [0, 0.1) is 0 Å². The number of pyridine rings is 1. The number of nitrogens with zero attached hydrogens (tertiary/aromatic N) is 4. The largest absolute Gasteiger partial charge is 0.496 e. The number of amides is 2. The zero-order chi connectivity index (χ0) is 28.4. The minimum atomic E-state index is -1.04. The Hall–Kier alpha value is -4.24. The molecule has 1 saturated heterocycles. The zero-order valence-corrected chi connectivity index (χ0v) is 23.3. The number of piperidine rings is 1. The highest BCUT2D eigenvalue weighted by atomic mass is 16.5. The molecule has 0 radical (unpaired) electrons. The molecule has 1 atom stereocenters. The van der Waals surface area contributed by atoms with Gasteiger partial charge in [0, 0.05) is 43.3 Å². The van der Waals surface area contributed by atoms with Crippen molar-refractivity contribution < 1.29 is 19.4 Å². The molecule has 1 aliphatic heterocycles. The van der Waals surface area contributed by atoms with E-state index < -0.39 is 11.5 Å². The molecule has 208 valence electrons. The average Bonchev–Trinajstić information content (AvgIpc) is 3.27. The zero-order valence-electron chi connectivity index (χ0n) is 23.3. The molecule has 1 unspecified atom stereocenters. The summed E-state index contributed by atoms with van der Waals surface area (Å²) in [5.74, 6) is 0.563. The molecule has 4 aromatic rings. The number of likely N-dealkylation sites (tertiary alicyclic amines) is 1. The monoisotopic (exact) mass is 541 g/mol. The summed E-state index contributed by atoms with van der Waals surface area (Å²) in [5, 5.41) is 10.7. The van der Waals surface area contributed by atoms with E-state index >= 15 is 0 Å². The summed E-state index contributed by atoms with van der Waals surface area (Å²) < 4.78 is 7.30. The van der Waals surface area contributed by atoms with Crippen LogP contribution in [0.4, 0.5) is 0 Å². The van der Waals surface area contributed by atoms with Gasteiger partial charge in [0.05, 0.1) is 36.0 Å². The van der Waals surface area contributed by atoms with Gasteiger partial charge in [-0.15, -0.1) is 0 Å². The summed E-state index contributed by atoms with van der Waals surface area (Å²) in [7, 11) is 1.60. The number of hydrogen-bond acceptors (Lipinski definition) is 5. The molecular weight excluding hydrogens is 506 g/mol. The Balaban J connectivity index is 1.54. The van der Waals surface area contributed by atoms with Crippen LogP contribution in [0.25, 0.3) is 22.3 Å². The SMILES string of the molecule is COc1ccccc1-c1cc(C(=O)/N=c2\[nH]c3cc(C4CCCN(C(C)=O)C4)ccc3n2CC(C)(C)O)ccn1. The standard InChI is InChI=1S/C31H35N5O4/c1-20(37)35-15-7-8-23(18-35)21-11-12-27-26(16-21)33-30(36(27)19-31(2,3)39)34-29(38)22-13-14-32-25(17-22)24-9-5-6-10-28(24)40-4/h5-6,9-14,16-17,23,39H,7-8,15,18-19H2,1-4H3,(H,33,34,38). The summed E-state index contributed by atoms with van der Waals surface area (Å²) in [6.07, 6.45) is 3.55. The van der Waals surface area contributed by atoms with Crippen LogP contribution >= 0.6 is 0 Å². The second-order valence-corrected chi connectivity index (χ2v) is 11.0. The predicted octanol–water partition coefficient (Wildman–Crippen LogP) is 4.28. The number of rotatable bonds is 6. The Morgan fingerprint density at radius 3 is 2.73 bits per heavy atom. The van der Waals surface area contributed by atoms with E-state index in [-0.39, 0.29) is 18.4 Å². The third-order valence-corrected chi connectivity index (χ3v) is 7.29. The maximum atomic E-state index is 13.4. The van der Waals surface area contributed by atoms with Crippen LogP contribution in [0.1, 0.15) is 55.5 Å². The molecule has 9 nitrogen and oxygen atoms in total. The molecular formula is C31H35N5O4. The van der Waals surface area contributed by atoms with Gasteiger partial charge in [-0.05, 0) is 68.7 Å². The Bertz CT molecular complexity index is 1630. The fraction of sp³-hybridized carbons (Fsp3) is 0.355. The van der Waals surface area contributed by atoms with Crippen LogP contribution in [0.5, 0.6) is 5.75 Å². The van der Waals surface area contributed by atoms with E-state index in [9.17, 15) is 14.7 Å². The molecule has 2 amide bonds. The summed E-state index contributed by atoms with van der Waals surface area (Å²) in [4.78, 5) is 39.5. The minimum Gasteiger partial charge on any atom is -0.496 e. The van der Waals surface area contributed by atoms with E-state index in [2.05, 4.69) is 27.1 Å². The summed E-state index contributed by atoms with van der Waals surface area (Å²) in [6.45, 7) is 6.78. The van der Waals surface area contributed by atoms with Crippen molar-refractivity contribution in [3.8, 4) is 17.0 Å². The Kier molecular flexibility index (Phi) is 7.58. The van der Waals surface area contributed by atoms with Crippen LogP contribution in [0.2, 0.25) is 0 Å². The highest BCUT2D eigenvalue weighted by molar-refractivity contribution is 5.96. The molecule has 3 heterocycles. The van der Waals surface area contributed by atoms with Gasteiger partial charge in [0.15, 0.2) is 0 Å². The Morgan fingerprint density at radius 2 is 1.98 bits per heavy atom. The molecule has 2 N–H and O–H groups in total. The quantitative estimate of drug-likeness (QED) is 0.378. The van der Waals surface area contributed by atoms with Gasteiger partial charge in [-0.25, -0.2) is 0 Å². The molecule has 0 spiro atoms. The highest BCUT2D eigenvalue weighted by Gasteiger charge is 2.24. The number of H-pyrrole nitrogens is 1. The van der Waals surface area contributed by atoms with Crippen molar-refractivity contribution in [1.29, 1.82) is 0 Å². The lowest BCUT2D eigenvalue weighted by Gasteiger charge is -2.32. The van der Waals surface area contributed by atoms with Gasteiger partial charge in [-0.2, -0.15) is 4.99 Å². The molecule has 2 aromatic heterocycles. The molecule has 1 fully saturated rings. The third-order valence-electron chi connectivity index (χ3n) is 7.29. The summed E-state index contributed by atoms with van der Waals surface area (Å²) in [5.41, 5.74) is 3.87. The maximum absolute atomic E-state index is 13.4. The van der Waals surface area contributed by atoms with Crippen molar-refractivity contribution in [2.75, 3.05) is 20.2 Å². The molecule has 40 heavy (non-hydrogen) atoms. The van der Waals surface area contributed by atoms with Crippen molar-refractivity contribution in [2.24, 2.45) is 4.99 Å². The van der Waals surface area contributed by atoms with E-state index in [1.807, 2.05) is 39.8 Å². The van der Waals surface area contributed by atoms with Gasteiger partial charge in [0.2, 0.25) is 11.5 Å². The van der Waals surface area contributed by atoms with E-state index in [0.29, 0.717) is 29.2 Å². The third kappa shape index (κ3) is 5.84. The molecule has 9 heteroatoms. The smallest absolute Gasteiger partial charge is 0.280 e. The van der Waals surface area contributed by atoms with Crippen molar-refractivity contribution in [3.05, 3.63) is 77.5 Å². The van der Waals surface area contributed by atoms with Crippen molar-refractivity contribution in [2.45, 2.75) is 51.7 Å². The maximum Gasteiger partial charge on any atom is 0.280 e. The first kappa shape index (κ1) is 27.3. The van der Waals surface area contributed by atoms with E-state index in [4.69, 9.17) is 4.74 Å². The van der Waals surface area contributed by atoms with Crippen LogP contribution in [0.3, 0.4) is 0 Å². The lowest BCUT2D eigenvalue weighted by Crippen LogP contribution is -2.37. The van der Waals surface area contributed by atoms with Crippen LogP contribution < -0.4 is 10.4 Å². The van der Waals surface area contributed by atoms with Crippen molar-refractivity contribution in [1.82, 2.24) is 19.4 Å². The molecule has 0 saturated carbocycles. The number of fused-ring (bicyclic) bond motifs is 1. The number of imidazole rings is 1. The molecule has 0 bridgehead atoms. The fourth-order valence-corrected chi connectivity index (χ4v) is 5.34. The van der Waals surface area contributed by atoms with Gasteiger partial charge < -0.3 is 24.3 Å². The van der Waals surface area contributed by atoms with Crippen LogP contribution in [-0.2, 0) is 11.3 Å². The van der Waals surface area contributed by atoms with Crippen LogP contribution in [-0.4, -0.2) is 62.2 Å². The number of carbonyl (C=O) groups excluding carboxylic acids is 2. The number of carbonyl (C=O) groups is 2. The highest BCUT2D eigenvalue weighted by Crippen LogP contribution is 2.30. The lowest BCUT2D eigenvalue weighted by atomic mass is 9.90. The first-order chi connectivity index (χ1) is 19.1. The number of methoxy groups -OCH3 is 1. The number of nitrogens with one attached hydrogen (secondary N) is 1. The molecule has 2 aromatic carbocycles. The van der Waals surface area contributed by atoms with E-state index in [0.717, 1.165) is 41.5 Å². The van der Waals surface area contributed by atoms with Crippen molar-refractivity contribution in [3.63, 3.8) is 0 Å². The molecule has 1 aliphatic rings. The first-order valence-electron chi connectivity index (χ1n) is 13.5. The number of benzene rings is 2. The molecule has 5 rings (SSSR count). The Labute approximate surface area is 233 Å². The van der Waals surface area contributed by atoms with Gasteiger partial charge in [0.25, 0.3) is 5.91 Å². The van der Waals surface area contributed by atoms with Crippen LogP contribution in [0.15, 0.2) is 65.8 Å². The van der Waals surface area contributed by atoms with E-state index in [1.54, 1.807) is 46.2 Å². The first-order valence-corrected chi connectivity index (χ1v) is 13.5. The number of aromatic nitrogens is 3. The summed E-state index contributed by atoms with van der Waals surface area (Å²) >= 11 is 0. The van der Waals surface area contributed by atoms with E-state index in [1.165, 1.54) is 0 Å². The number of para-hydroxylation sites is 1. The minimum absolute atomic E-state index is 0.0956. The lowest BCUT2D eigenvalue weighted by molar-refractivity contribution is -0.130. The predicted molar refractivity (Wildman–Crippen MR) is 153 cm³/mol. The summed E-state index contributed by atoms with van der Waals surface area (Å²) in [6, 6.07) is 17.0. The normalized spacial score (nSPS) is 16.4. The fourth-order valence-electron chi connectivity index (χ4n) is 5.34. The average molecular weight is 542 g/mol. The van der Waals surface area contributed by atoms with Gasteiger partial charge >= 0.3 is 0 Å². The second kappa shape index (κ2) is 11.1. The van der Waals surface area contributed by atoms with Gasteiger partial charge in [-0.1, -0.05) is 18.2 Å². The van der Waals surface area contributed by atoms with Gasteiger partial charge in [-0.3, -0.25) is 14.6 Å². The number of aliphatic hydroxyl groups is 1. The number of ether oxygens (including phenoxy) is 1. The van der Waals surface area contributed by atoms with Crippen molar-refractivity contribution >= 4 is 22.8 Å². The topological polar surface area (TPSA) is 113 Å². The molecule has 0 aliphatic carbocycles.